The fraction of sp³-hybridized carbons (Fsp3) is 0.333. The van der Waals surface area contributed by atoms with Crippen LogP contribution in [0.1, 0.15) is 20.8 Å². The molecule has 28 heavy (non-hydrogen) atoms. The van der Waals surface area contributed by atoms with Crippen molar-refractivity contribution in [1.29, 1.82) is 0 Å². The Kier molecular flexibility index (Phi) is 7.44. The van der Waals surface area contributed by atoms with Crippen molar-refractivity contribution in [3.8, 4) is 0 Å². The quantitative estimate of drug-likeness (QED) is 0.702. The first kappa shape index (κ1) is 21.3. The molecule has 0 aliphatic carbocycles. The predicted molar refractivity (Wildman–Crippen MR) is 108 cm³/mol. The minimum Gasteiger partial charge on any atom is -0.465 e. The van der Waals surface area contributed by atoms with Crippen LogP contribution in [0.3, 0.4) is 0 Å². The van der Waals surface area contributed by atoms with E-state index in [1.165, 1.54) is 6.92 Å². The van der Waals surface area contributed by atoms with Gasteiger partial charge in [-0.05, 0) is 32.0 Å². The largest absolute Gasteiger partial charge is 0.465 e. The maximum absolute atomic E-state index is 12.2. The standard InChI is InChI=1S/C18H20N4O5S/c1-4-27-17(25)15-10(2)19-18(26)22-16(15)28-9-14(24)21-13-7-5-6-12(8-13)20-11(3)23/h5-8,15H,4,9H2,1-3H3,(H,20,23)(H,21,24). The highest BCUT2D eigenvalue weighted by Gasteiger charge is 2.33. The van der Waals surface area contributed by atoms with Crippen LogP contribution in [0, 0.1) is 5.92 Å². The van der Waals surface area contributed by atoms with Gasteiger partial charge >= 0.3 is 12.0 Å². The number of aliphatic imine (C=N–C) groups is 2. The van der Waals surface area contributed by atoms with E-state index in [0.29, 0.717) is 11.4 Å². The Morgan fingerprint density at radius 1 is 1.18 bits per heavy atom. The molecule has 1 unspecified atom stereocenters. The first-order chi connectivity index (χ1) is 13.3. The van der Waals surface area contributed by atoms with Crippen LogP contribution in [-0.2, 0) is 19.1 Å². The highest BCUT2D eigenvalue weighted by molar-refractivity contribution is 8.14. The molecule has 148 valence electrons. The normalized spacial score (nSPS) is 16.0. The molecule has 0 aromatic heterocycles. The monoisotopic (exact) mass is 404 g/mol. The van der Waals surface area contributed by atoms with E-state index in [9.17, 15) is 19.2 Å². The fourth-order valence-corrected chi connectivity index (χ4v) is 3.33. The van der Waals surface area contributed by atoms with Crippen molar-refractivity contribution >= 4 is 57.7 Å². The summed E-state index contributed by atoms with van der Waals surface area (Å²) in [6.45, 7) is 4.78. The highest BCUT2D eigenvalue weighted by atomic mass is 32.2. The number of esters is 1. The van der Waals surface area contributed by atoms with E-state index in [4.69, 9.17) is 4.74 Å². The zero-order chi connectivity index (χ0) is 20.7. The molecule has 1 aromatic carbocycles. The molecule has 0 bridgehead atoms. The van der Waals surface area contributed by atoms with E-state index in [1.807, 2.05) is 0 Å². The summed E-state index contributed by atoms with van der Waals surface area (Å²) in [4.78, 5) is 54.6. The van der Waals surface area contributed by atoms with E-state index in [2.05, 4.69) is 20.6 Å². The van der Waals surface area contributed by atoms with E-state index < -0.39 is 17.9 Å². The summed E-state index contributed by atoms with van der Waals surface area (Å²) in [5.41, 5.74) is 1.33. The number of carbonyl (C=O) groups is 4. The number of hydrogen-bond acceptors (Lipinski definition) is 6. The Morgan fingerprint density at radius 2 is 1.86 bits per heavy atom. The number of hydrogen-bond donors (Lipinski definition) is 2. The maximum atomic E-state index is 12.2. The van der Waals surface area contributed by atoms with Crippen molar-refractivity contribution in [3.63, 3.8) is 0 Å². The molecule has 9 nitrogen and oxygen atoms in total. The Labute approximate surface area is 166 Å². The molecular formula is C18H20N4O5S. The van der Waals surface area contributed by atoms with Crippen molar-refractivity contribution in [2.75, 3.05) is 23.0 Å². The average Bonchev–Trinajstić information content (AvgIpc) is 2.59. The van der Waals surface area contributed by atoms with Gasteiger partial charge in [0.25, 0.3) is 0 Å². The smallest absolute Gasteiger partial charge is 0.367 e. The van der Waals surface area contributed by atoms with Crippen LogP contribution in [0.4, 0.5) is 16.2 Å². The number of nitrogens with zero attached hydrogens (tertiary/aromatic N) is 2. The number of thioether (sulfide) groups is 1. The molecule has 0 saturated carbocycles. The van der Waals surface area contributed by atoms with E-state index >= 15 is 0 Å². The van der Waals surface area contributed by atoms with Crippen LogP contribution in [0.5, 0.6) is 0 Å². The lowest BCUT2D eigenvalue weighted by Crippen LogP contribution is -2.34. The summed E-state index contributed by atoms with van der Waals surface area (Å²) in [6.07, 6.45) is 0. The number of benzene rings is 1. The predicted octanol–water partition coefficient (Wildman–Crippen LogP) is 2.49. The minimum atomic E-state index is -0.890. The topological polar surface area (TPSA) is 126 Å². The van der Waals surface area contributed by atoms with Gasteiger partial charge in [0.15, 0.2) is 0 Å². The molecule has 0 saturated heterocycles. The summed E-state index contributed by atoms with van der Waals surface area (Å²) in [5, 5.41) is 5.49. The number of anilines is 2. The van der Waals surface area contributed by atoms with Crippen LogP contribution in [0.25, 0.3) is 0 Å². The van der Waals surface area contributed by atoms with E-state index in [0.717, 1.165) is 11.8 Å². The SMILES string of the molecule is CCOC(=O)C1C(C)=NC(=O)N=C1SCC(=O)Nc1cccc(NC(C)=O)c1. The van der Waals surface area contributed by atoms with Gasteiger partial charge in [-0.3, -0.25) is 14.4 Å². The van der Waals surface area contributed by atoms with Crippen LogP contribution in [0.2, 0.25) is 0 Å². The molecule has 0 spiro atoms. The van der Waals surface area contributed by atoms with Crippen molar-refractivity contribution in [1.82, 2.24) is 0 Å². The Balaban J connectivity index is 2.01. The summed E-state index contributed by atoms with van der Waals surface area (Å²) in [7, 11) is 0. The van der Waals surface area contributed by atoms with Gasteiger partial charge < -0.3 is 15.4 Å². The number of amides is 4. The second-order valence-electron chi connectivity index (χ2n) is 5.77. The van der Waals surface area contributed by atoms with Crippen molar-refractivity contribution in [3.05, 3.63) is 24.3 Å². The third kappa shape index (κ3) is 6.02. The molecule has 0 radical (unpaired) electrons. The van der Waals surface area contributed by atoms with E-state index in [-0.39, 0.29) is 34.9 Å². The zero-order valence-electron chi connectivity index (χ0n) is 15.6. The van der Waals surface area contributed by atoms with Gasteiger partial charge in [0.05, 0.1) is 17.4 Å². The van der Waals surface area contributed by atoms with Gasteiger partial charge in [-0.15, -0.1) is 0 Å². The maximum Gasteiger partial charge on any atom is 0.367 e. The summed E-state index contributed by atoms with van der Waals surface area (Å²) in [6, 6.07) is 5.95. The van der Waals surface area contributed by atoms with Gasteiger partial charge in [-0.1, -0.05) is 17.8 Å². The third-order valence-corrected chi connectivity index (χ3v) is 4.51. The number of urea groups is 1. The Hall–Kier alpha value is -3.01. The Morgan fingerprint density at radius 3 is 2.50 bits per heavy atom. The highest BCUT2D eigenvalue weighted by Crippen LogP contribution is 2.22. The van der Waals surface area contributed by atoms with E-state index in [1.54, 1.807) is 38.1 Å². The molecule has 10 heteroatoms. The minimum absolute atomic E-state index is 0.0698. The molecule has 2 N–H and O–H groups in total. The summed E-state index contributed by atoms with van der Waals surface area (Å²) in [5.74, 6) is -2.10. The van der Waals surface area contributed by atoms with Gasteiger partial charge in [-0.2, -0.15) is 9.98 Å². The summed E-state index contributed by atoms with van der Waals surface area (Å²) >= 11 is 0.975. The molecule has 1 aromatic rings. The van der Waals surface area contributed by atoms with Crippen LogP contribution in [0.15, 0.2) is 34.3 Å². The summed E-state index contributed by atoms with van der Waals surface area (Å²) < 4.78 is 5.00. The fourth-order valence-electron chi connectivity index (χ4n) is 2.41. The van der Waals surface area contributed by atoms with Crippen LogP contribution >= 0.6 is 11.8 Å². The molecular weight excluding hydrogens is 384 g/mol. The van der Waals surface area contributed by atoms with Crippen molar-refractivity contribution in [2.24, 2.45) is 15.9 Å². The van der Waals surface area contributed by atoms with Crippen LogP contribution < -0.4 is 10.6 Å². The molecule has 0 fully saturated rings. The first-order valence-electron chi connectivity index (χ1n) is 8.44. The molecule has 1 heterocycles. The molecule has 2 rings (SSSR count). The number of rotatable bonds is 6. The lowest BCUT2D eigenvalue weighted by Gasteiger charge is -2.19. The number of ether oxygens (including phenoxy) is 1. The van der Waals surface area contributed by atoms with Crippen LogP contribution in [-0.4, -0.2) is 46.9 Å². The second-order valence-corrected chi connectivity index (χ2v) is 6.77. The van der Waals surface area contributed by atoms with Crippen molar-refractivity contribution < 1.29 is 23.9 Å². The third-order valence-electron chi connectivity index (χ3n) is 3.48. The molecule has 4 amide bonds. The number of nitrogens with one attached hydrogen (secondary N) is 2. The molecule has 1 aliphatic heterocycles. The Bertz CT molecular complexity index is 865. The van der Waals surface area contributed by atoms with Crippen molar-refractivity contribution in [2.45, 2.75) is 20.8 Å². The second kappa shape index (κ2) is 9.79. The van der Waals surface area contributed by atoms with Gasteiger partial charge in [0.2, 0.25) is 11.8 Å². The average molecular weight is 404 g/mol. The zero-order valence-corrected chi connectivity index (χ0v) is 16.5. The lowest BCUT2D eigenvalue weighted by molar-refractivity contribution is -0.143. The first-order valence-corrected chi connectivity index (χ1v) is 9.43. The molecule has 1 aliphatic rings. The van der Waals surface area contributed by atoms with Gasteiger partial charge in [0, 0.05) is 24.0 Å². The number of carbonyl (C=O) groups excluding carboxylic acids is 4. The van der Waals surface area contributed by atoms with Gasteiger partial charge in [0.1, 0.15) is 5.92 Å². The van der Waals surface area contributed by atoms with Gasteiger partial charge in [-0.25, -0.2) is 4.79 Å². The molecule has 1 atom stereocenters. The lowest BCUT2D eigenvalue weighted by atomic mass is 10.1.